The number of methoxy groups -OCH3 is 2. The third-order valence-electron chi connectivity index (χ3n) is 8.51. The molecule has 0 aliphatic carbocycles. The zero-order valence-corrected chi connectivity index (χ0v) is 27.5. The van der Waals surface area contributed by atoms with Crippen LogP contribution >= 0.6 is 0 Å². The number of anilines is 2. The highest BCUT2D eigenvalue weighted by molar-refractivity contribution is 6.06. The molecule has 0 radical (unpaired) electrons. The van der Waals surface area contributed by atoms with Crippen LogP contribution < -0.4 is 19.3 Å². The summed E-state index contributed by atoms with van der Waals surface area (Å²) in [5.41, 5.74) is 12.2. The summed E-state index contributed by atoms with van der Waals surface area (Å²) in [4.78, 5) is 4.99. The van der Waals surface area contributed by atoms with Gasteiger partial charge in [-0.1, -0.05) is 65.8 Å². The van der Waals surface area contributed by atoms with Crippen molar-refractivity contribution in [2.24, 2.45) is 0 Å². The van der Waals surface area contributed by atoms with E-state index >= 15 is 0 Å². The van der Waals surface area contributed by atoms with E-state index < -0.39 is 0 Å². The van der Waals surface area contributed by atoms with Crippen molar-refractivity contribution in [3.05, 3.63) is 118 Å². The number of hydrogen-bond donors (Lipinski definition) is 0. The standard InChI is InChI=1S/C39H46N2O2/c1-26-11-17-30(38(3,4)5)23-34(26)40-25-41(35-24-31(39(6,7)8)18-12-27(35)2)37(29-15-21-33(43-10)22-16-29)36(40)28-13-19-32(42-9)20-14-28/h11-24H,25H2,1-10H3. The van der Waals surface area contributed by atoms with Crippen molar-refractivity contribution < 1.29 is 9.47 Å². The first-order valence-electron chi connectivity index (χ1n) is 15.1. The van der Waals surface area contributed by atoms with Crippen LogP contribution in [-0.4, -0.2) is 20.9 Å². The van der Waals surface area contributed by atoms with Crippen LogP contribution in [0.5, 0.6) is 11.5 Å². The normalized spacial score (nSPS) is 14.0. The molecule has 4 aromatic carbocycles. The van der Waals surface area contributed by atoms with Crippen LogP contribution in [0.3, 0.4) is 0 Å². The zero-order chi connectivity index (χ0) is 31.1. The molecule has 0 unspecified atom stereocenters. The van der Waals surface area contributed by atoms with E-state index in [2.05, 4.69) is 150 Å². The highest BCUT2D eigenvalue weighted by Gasteiger charge is 2.35. The minimum absolute atomic E-state index is 0.0301. The van der Waals surface area contributed by atoms with Crippen LogP contribution in [0.1, 0.15) is 74.9 Å². The summed E-state index contributed by atoms with van der Waals surface area (Å²) < 4.78 is 11.1. The number of rotatable bonds is 6. The quantitative estimate of drug-likeness (QED) is 0.229. The van der Waals surface area contributed by atoms with Crippen LogP contribution in [0.15, 0.2) is 84.9 Å². The van der Waals surface area contributed by atoms with Gasteiger partial charge < -0.3 is 19.3 Å². The Balaban J connectivity index is 1.83. The van der Waals surface area contributed by atoms with Crippen molar-refractivity contribution in [3.8, 4) is 11.5 Å². The topological polar surface area (TPSA) is 24.9 Å². The van der Waals surface area contributed by atoms with Gasteiger partial charge >= 0.3 is 0 Å². The van der Waals surface area contributed by atoms with Crippen molar-refractivity contribution in [2.75, 3.05) is 30.7 Å². The fraction of sp³-hybridized carbons (Fsp3) is 0.333. The molecule has 1 aliphatic rings. The summed E-state index contributed by atoms with van der Waals surface area (Å²) in [6.45, 7) is 18.8. The van der Waals surface area contributed by atoms with Gasteiger partial charge in [0, 0.05) is 22.5 Å². The number of nitrogens with zero attached hydrogens (tertiary/aromatic N) is 2. The van der Waals surface area contributed by atoms with Gasteiger partial charge in [-0.2, -0.15) is 0 Å². The minimum Gasteiger partial charge on any atom is -0.497 e. The Bertz CT molecular complexity index is 1510. The van der Waals surface area contributed by atoms with Crippen molar-refractivity contribution in [1.82, 2.24) is 0 Å². The zero-order valence-electron chi connectivity index (χ0n) is 27.5. The van der Waals surface area contributed by atoms with Gasteiger partial charge in [0.1, 0.15) is 18.2 Å². The Morgan fingerprint density at radius 3 is 1.16 bits per heavy atom. The summed E-state index contributed by atoms with van der Waals surface area (Å²) in [6.07, 6.45) is 0. The molecule has 0 saturated heterocycles. The molecule has 0 N–H and O–H groups in total. The van der Waals surface area contributed by atoms with E-state index in [0.29, 0.717) is 6.67 Å². The summed E-state index contributed by atoms with van der Waals surface area (Å²) in [7, 11) is 3.43. The average Bonchev–Trinajstić information content (AvgIpc) is 3.36. The molecule has 43 heavy (non-hydrogen) atoms. The lowest BCUT2D eigenvalue weighted by Gasteiger charge is -2.30. The van der Waals surface area contributed by atoms with Crippen LogP contribution in [0.2, 0.25) is 0 Å². The summed E-state index contributed by atoms with van der Waals surface area (Å²) in [6, 6.07) is 30.8. The predicted octanol–water partition coefficient (Wildman–Crippen LogP) is 9.73. The molecule has 0 saturated carbocycles. The molecule has 0 atom stereocenters. The maximum atomic E-state index is 5.55. The molecule has 0 aromatic heterocycles. The Hall–Kier alpha value is -4.18. The fourth-order valence-electron chi connectivity index (χ4n) is 5.75. The van der Waals surface area contributed by atoms with Crippen molar-refractivity contribution in [1.29, 1.82) is 0 Å². The Kier molecular flexibility index (Phi) is 8.09. The molecule has 4 heteroatoms. The van der Waals surface area contributed by atoms with Gasteiger partial charge in [-0.05, 0) is 108 Å². The van der Waals surface area contributed by atoms with E-state index in [4.69, 9.17) is 9.47 Å². The third kappa shape index (κ3) is 6.01. The minimum atomic E-state index is 0.0301. The largest absolute Gasteiger partial charge is 0.497 e. The summed E-state index contributed by atoms with van der Waals surface area (Å²) >= 11 is 0. The van der Waals surface area contributed by atoms with E-state index in [0.717, 1.165) is 22.6 Å². The molecule has 0 fully saturated rings. The first-order chi connectivity index (χ1) is 20.3. The highest BCUT2D eigenvalue weighted by Crippen LogP contribution is 2.46. The number of benzene rings is 4. The van der Waals surface area contributed by atoms with Gasteiger partial charge in [-0.3, -0.25) is 0 Å². The van der Waals surface area contributed by atoms with Gasteiger partial charge in [-0.25, -0.2) is 0 Å². The molecule has 0 bridgehead atoms. The van der Waals surface area contributed by atoms with Crippen molar-refractivity contribution in [2.45, 2.75) is 66.2 Å². The van der Waals surface area contributed by atoms with Gasteiger partial charge in [0.2, 0.25) is 0 Å². The number of aryl methyl sites for hydroxylation is 2. The fourth-order valence-corrected chi connectivity index (χ4v) is 5.75. The maximum Gasteiger partial charge on any atom is 0.118 e. The first-order valence-corrected chi connectivity index (χ1v) is 15.1. The first kappa shape index (κ1) is 30.3. The van der Waals surface area contributed by atoms with E-state index in [1.54, 1.807) is 14.2 Å². The third-order valence-corrected chi connectivity index (χ3v) is 8.51. The smallest absolute Gasteiger partial charge is 0.118 e. The molecule has 224 valence electrons. The maximum absolute atomic E-state index is 5.55. The van der Waals surface area contributed by atoms with E-state index in [9.17, 15) is 0 Å². The van der Waals surface area contributed by atoms with E-state index in [1.807, 2.05) is 0 Å². The second kappa shape index (κ2) is 11.5. The molecular formula is C39H46N2O2. The van der Waals surface area contributed by atoms with E-state index in [-0.39, 0.29) is 10.8 Å². The second-order valence-corrected chi connectivity index (χ2v) is 13.7. The summed E-state index contributed by atoms with van der Waals surface area (Å²) in [5.74, 6) is 1.69. The molecule has 4 nitrogen and oxygen atoms in total. The van der Waals surface area contributed by atoms with Crippen LogP contribution in [0, 0.1) is 13.8 Å². The van der Waals surface area contributed by atoms with Gasteiger partial charge in [0.05, 0.1) is 25.6 Å². The van der Waals surface area contributed by atoms with Crippen LogP contribution in [0.25, 0.3) is 11.4 Å². The van der Waals surface area contributed by atoms with Crippen LogP contribution in [-0.2, 0) is 10.8 Å². The predicted molar refractivity (Wildman–Crippen MR) is 182 cm³/mol. The number of ether oxygens (including phenoxy) is 2. The Morgan fingerprint density at radius 1 is 0.512 bits per heavy atom. The van der Waals surface area contributed by atoms with Gasteiger partial charge in [-0.15, -0.1) is 0 Å². The van der Waals surface area contributed by atoms with Crippen LogP contribution in [0.4, 0.5) is 11.4 Å². The lowest BCUT2D eigenvalue weighted by atomic mass is 9.86. The lowest BCUT2D eigenvalue weighted by Crippen LogP contribution is -2.29. The van der Waals surface area contributed by atoms with E-state index in [1.165, 1.54) is 45.0 Å². The lowest BCUT2D eigenvalue weighted by molar-refractivity contribution is 0.414. The van der Waals surface area contributed by atoms with Crippen molar-refractivity contribution in [3.63, 3.8) is 0 Å². The monoisotopic (exact) mass is 574 g/mol. The molecule has 0 amide bonds. The molecule has 4 aromatic rings. The molecule has 0 spiro atoms. The SMILES string of the molecule is COc1ccc(C2=C(c3ccc(OC)cc3)N(c3cc(C(C)(C)C)ccc3C)CN2c2cc(C(C)(C)C)ccc2C)cc1. The molecule has 5 rings (SSSR count). The molecule has 1 aliphatic heterocycles. The summed E-state index contributed by atoms with van der Waals surface area (Å²) in [5, 5.41) is 0. The second-order valence-electron chi connectivity index (χ2n) is 13.7. The van der Waals surface area contributed by atoms with Crippen molar-refractivity contribution >= 4 is 22.8 Å². The average molecular weight is 575 g/mol. The molecular weight excluding hydrogens is 528 g/mol. The Labute approximate surface area is 258 Å². The highest BCUT2D eigenvalue weighted by atomic mass is 16.5. The molecule has 1 heterocycles. The Morgan fingerprint density at radius 2 is 0.860 bits per heavy atom. The van der Waals surface area contributed by atoms with Gasteiger partial charge in [0.15, 0.2) is 0 Å². The van der Waals surface area contributed by atoms with Gasteiger partial charge in [0.25, 0.3) is 0 Å². The number of hydrogen-bond acceptors (Lipinski definition) is 4.